The molecule has 1 saturated carbocycles. The number of H-pyrrole nitrogens is 1. The minimum absolute atomic E-state index is 0.321. The lowest BCUT2D eigenvalue weighted by molar-refractivity contribution is -0.136. The Balaban J connectivity index is 1.48. The molecule has 1 aliphatic carbocycles. The number of nitrogens with one attached hydrogen (secondary N) is 1. The van der Waals surface area contributed by atoms with Crippen molar-refractivity contribution in [2.24, 2.45) is 11.8 Å². The van der Waals surface area contributed by atoms with E-state index in [-0.39, 0.29) is 0 Å². The molecule has 0 radical (unpaired) electrons. The van der Waals surface area contributed by atoms with Gasteiger partial charge in [0.05, 0.1) is 0 Å². The number of carbonyl (C=O) groups is 1. The predicted octanol–water partition coefficient (Wildman–Crippen LogP) is 2.08. The van der Waals surface area contributed by atoms with Crippen LogP contribution in [0.3, 0.4) is 0 Å². The van der Waals surface area contributed by atoms with Gasteiger partial charge in [-0.3, -0.25) is 9.89 Å². The van der Waals surface area contributed by atoms with Crippen LogP contribution < -0.4 is 0 Å². The molecule has 1 N–H and O–H groups in total. The van der Waals surface area contributed by atoms with Gasteiger partial charge in [0, 0.05) is 25.4 Å². The van der Waals surface area contributed by atoms with Crippen LogP contribution in [0.5, 0.6) is 0 Å². The van der Waals surface area contributed by atoms with Gasteiger partial charge >= 0.3 is 0 Å². The van der Waals surface area contributed by atoms with E-state index in [4.69, 9.17) is 0 Å². The number of carbonyl (C=O) groups excluding carboxylic acids is 1. The largest absolute Gasteiger partial charge is 0.342 e. The Hall–Kier alpha value is -1.39. The van der Waals surface area contributed by atoms with Crippen LogP contribution in [-0.2, 0) is 11.2 Å². The molecular formula is C15H24N4O. The first-order valence-electron chi connectivity index (χ1n) is 7.89. The Morgan fingerprint density at radius 1 is 1.25 bits per heavy atom. The summed E-state index contributed by atoms with van der Waals surface area (Å²) in [7, 11) is 0. The first-order valence-corrected chi connectivity index (χ1v) is 7.89. The highest BCUT2D eigenvalue weighted by Crippen LogP contribution is 2.29. The predicted molar refractivity (Wildman–Crippen MR) is 76.1 cm³/mol. The number of aryl methyl sites for hydroxylation is 1. The van der Waals surface area contributed by atoms with Crippen molar-refractivity contribution in [1.82, 2.24) is 20.1 Å². The van der Waals surface area contributed by atoms with Crippen molar-refractivity contribution in [3.05, 3.63) is 11.6 Å². The molecule has 1 saturated heterocycles. The number of rotatable bonds is 3. The molecule has 3 rings (SSSR count). The number of amides is 1. The molecule has 1 aliphatic heterocycles. The lowest BCUT2D eigenvalue weighted by Gasteiger charge is -2.33. The smallest absolute Gasteiger partial charge is 0.225 e. The standard InChI is InChI=1S/C15H24N4O/c1-11-16-14(18-17-11)10-12-6-8-19(9-7-12)15(20)13-4-2-3-5-13/h12-13H,2-10H2,1H3,(H,16,17,18). The van der Waals surface area contributed by atoms with Crippen molar-refractivity contribution in [2.75, 3.05) is 13.1 Å². The fraction of sp³-hybridized carbons (Fsp3) is 0.800. The van der Waals surface area contributed by atoms with Crippen molar-refractivity contribution < 1.29 is 4.79 Å². The second-order valence-corrected chi connectivity index (χ2v) is 6.29. The van der Waals surface area contributed by atoms with E-state index in [9.17, 15) is 4.79 Å². The van der Waals surface area contributed by atoms with Crippen molar-refractivity contribution in [3.63, 3.8) is 0 Å². The summed E-state index contributed by atoms with van der Waals surface area (Å²) in [6, 6.07) is 0. The van der Waals surface area contributed by atoms with Crippen LogP contribution in [0, 0.1) is 18.8 Å². The Bertz CT molecular complexity index is 456. The van der Waals surface area contributed by atoms with Gasteiger partial charge in [-0.25, -0.2) is 4.98 Å². The van der Waals surface area contributed by atoms with Crippen LogP contribution in [0.1, 0.15) is 50.2 Å². The molecule has 0 aromatic carbocycles. The van der Waals surface area contributed by atoms with Crippen LogP contribution in [-0.4, -0.2) is 39.1 Å². The monoisotopic (exact) mass is 276 g/mol. The fourth-order valence-electron chi connectivity index (χ4n) is 3.53. The molecule has 0 unspecified atom stereocenters. The molecule has 2 fully saturated rings. The van der Waals surface area contributed by atoms with Gasteiger partial charge in [-0.15, -0.1) is 0 Å². The van der Waals surface area contributed by atoms with Crippen LogP contribution in [0.2, 0.25) is 0 Å². The Labute approximate surface area is 120 Å². The highest BCUT2D eigenvalue weighted by atomic mass is 16.2. The third kappa shape index (κ3) is 3.02. The second kappa shape index (κ2) is 5.94. The third-order valence-electron chi connectivity index (χ3n) is 4.75. The number of aromatic nitrogens is 3. The quantitative estimate of drug-likeness (QED) is 0.919. The fourth-order valence-corrected chi connectivity index (χ4v) is 3.53. The molecule has 1 aromatic rings. The zero-order valence-electron chi connectivity index (χ0n) is 12.3. The van der Waals surface area contributed by atoms with E-state index in [0.717, 1.165) is 56.8 Å². The number of likely N-dealkylation sites (tertiary alicyclic amines) is 1. The van der Waals surface area contributed by atoms with E-state index >= 15 is 0 Å². The summed E-state index contributed by atoms with van der Waals surface area (Å²) in [6.07, 6.45) is 7.80. The Kier molecular flexibility index (Phi) is 4.03. The lowest BCUT2D eigenvalue weighted by atomic mass is 9.92. The van der Waals surface area contributed by atoms with Crippen LogP contribution in [0.4, 0.5) is 0 Å². The number of hydrogen-bond acceptors (Lipinski definition) is 3. The highest BCUT2D eigenvalue weighted by molar-refractivity contribution is 5.79. The first kappa shape index (κ1) is 13.6. The number of hydrogen-bond donors (Lipinski definition) is 1. The maximum absolute atomic E-state index is 12.4. The van der Waals surface area contributed by atoms with Crippen molar-refractivity contribution >= 4 is 5.91 Å². The summed E-state index contributed by atoms with van der Waals surface area (Å²) < 4.78 is 0. The number of aromatic amines is 1. The third-order valence-corrected chi connectivity index (χ3v) is 4.75. The normalized spacial score (nSPS) is 21.6. The van der Waals surface area contributed by atoms with E-state index in [2.05, 4.69) is 20.1 Å². The number of nitrogens with zero attached hydrogens (tertiary/aromatic N) is 3. The summed E-state index contributed by atoms with van der Waals surface area (Å²) in [4.78, 5) is 18.8. The molecule has 110 valence electrons. The van der Waals surface area contributed by atoms with Crippen molar-refractivity contribution in [2.45, 2.75) is 51.9 Å². The Morgan fingerprint density at radius 2 is 1.95 bits per heavy atom. The summed E-state index contributed by atoms with van der Waals surface area (Å²) in [5.74, 6) is 3.16. The molecule has 0 spiro atoms. The van der Waals surface area contributed by atoms with Gasteiger partial charge in [0.2, 0.25) is 5.91 Å². The zero-order chi connectivity index (χ0) is 13.9. The molecule has 5 nitrogen and oxygen atoms in total. The average molecular weight is 276 g/mol. The summed E-state index contributed by atoms with van der Waals surface area (Å²) in [5.41, 5.74) is 0. The summed E-state index contributed by atoms with van der Waals surface area (Å²) in [5, 5.41) is 7.11. The summed E-state index contributed by atoms with van der Waals surface area (Å²) in [6.45, 7) is 3.77. The molecule has 1 aromatic heterocycles. The molecule has 2 aliphatic rings. The van der Waals surface area contributed by atoms with E-state index in [1.54, 1.807) is 0 Å². The van der Waals surface area contributed by atoms with E-state index in [1.165, 1.54) is 12.8 Å². The van der Waals surface area contributed by atoms with Crippen LogP contribution in [0.25, 0.3) is 0 Å². The Morgan fingerprint density at radius 3 is 2.55 bits per heavy atom. The van der Waals surface area contributed by atoms with Gasteiger partial charge in [0.25, 0.3) is 0 Å². The molecule has 5 heteroatoms. The van der Waals surface area contributed by atoms with Gasteiger partial charge in [-0.2, -0.15) is 5.10 Å². The van der Waals surface area contributed by atoms with Gasteiger partial charge in [0.1, 0.15) is 5.82 Å². The van der Waals surface area contributed by atoms with Crippen molar-refractivity contribution in [1.29, 1.82) is 0 Å². The van der Waals surface area contributed by atoms with Crippen LogP contribution >= 0.6 is 0 Å². The summed E-state index contributed by atoms with van der Waals surface area (Å²) >= 11 is 0. The van der Waals surface area contributed by atoms with E-state index < -0.39 is 0 Å². The van der Waals surface area contributed by atoms with Gasteiger partial charge in [-0.05, 0) is 38.5 Å². The lowest BCUT2D eigenvalue weighted by Crippen LogP contribution is -2.41. The SMILES string of the molecule is Cc1nc(CC2CCN(C(=O)C3CCCC3)CC2)n[nH]1. The topological polar surface area (TPSA) is 61.9 Å². The maximum Gasteiger partial charge on any atom is 0.225 e. The van der Waals surface area contributed by atoms with Gasteiger partial charge < -0.3 is 4.90 Å². The highest BCUT2D eigenvalue weighted by Gasteiger charge is 2.30. The van der Waals surface area contributed by atoms with Gasteiger partial charge in [0.15, 0.2) is 5.82 Å². The molecule has 1 amide bonds. The molecule has 20 heavy (non-hydrogen) atoms. The van der Waals surface area contributed by atoms with Crippen molar-refractivity contribution in [3.8, 4) is 0 Å². The van der Waals surface area contributed by atoms with E-state index in [1.807, 2.05) is 6.92 Å². The minimum Gasteiger partial charge on any atom is -0.342 e. The molecule has 0 atom stereocenters. The molecule has 0 bridgehead atoms. The first-order chi connectivity index (χ1) is 9.72. The average Bonchev–Trinajstić information content (AvgIpc) is 3.11. The number of piperidine rings is 1. The van der Waals surface area contributed by atoms with Crippen LogP contribution in [0.15, 0.2) is 0 Å². The second-order valence-electron chi connectivity index (χ2n) is 6.29. The minimum atomic E-state index is 0.321. The molecular weight excluding hydrogens is 252 g/mol. The maximum atomic E-state index is 12.4. The van der Waals surface area contributed by atoms with E-state index in [0.29, 0.717) is 17.7 Å². The zero-order valence-corrected chi connectivity index (χ0v) is 12.3. The molecule has 2 heterocycles. The van der Waals surface area contributed by atoms with Gasteiger partial charge in [-0.1, -0.05) is 12.8 Å².